The minimum atomic E-state index is -0.881. The Bertz CT molecular complexity index is 1900. The molecule has 0 amide bonds. The second-order valence-electron chi connectivity index (χ2n) is 8.93. The summed E-state index contributed by atoms with van der Waals surface area (Å²) in [5, 5.41) is 5.66. The van der Waals surface area contributed by atoms with Crippen molar-refractivity contribution < 1.29 is 28.2 Å². The summed E-state index contributed by atoms with van der Waals surface area (Å²) >= 11 is 7.08. The fraction of sp³-hybridized carbons (Fsp3) is 0.200. The minimum absolute atomic E-state index is 0.207. The number of halogens is 2. The van der Waals surface area contributed by atoms with E-state index in [9.17, 15) is 9.59 Å². The van der Waals surface area contributed by atoms with Gasteiger partial charge in [0.05, 0.1) is 47.8 Å². The van der Waals surface area contributed by atoms with E-state index in [1.807, 2.05) is 18.2 Å². The van der Waals surface area contributed by atoms with E-state index in [0.717, 1.165) is 5.39 Å². The number of aromatic nitrogens is 2. The van der Waals surface area contributed by atoms with Gasteiger partial charge in [0.1, 0.15) is 11.3 Å². The lowest BCUT2D eigenvalue weighted by Gasteiger charge is -2.18. The molecule has 10 nitrogen and oxygen atoms in total. The van der Waals surface area contributed by atoms with Crippen LogP contribution >= 0.6 is 31.9 Å². The molecule has 2 heterocycles. The van der Waals surface area contributed by atoms with Crippen LogP contribution in [0.25, 0.3) is 33.5 Å². The Kier molecular flexibility index (Phi) is 8.64. The third-order valence-electron chi connectivity index (χ3n) is 6.32. The smallest absolute Gasteiger partial charge is 0.347 e. The first-order chi connectivity index (χ1) is 20.3. The molecule has 0 aliphatic heterocycles. The lowest BCUT2D eigenvalue weighted by atomic mass is 10.2. The average Bonchev–Trinajstić information content (AvgIpc) is 3.44. The van der Waals surface area contributed by atoms with Crippen LogP contribution in [0, 0.1) is 0 Å². The molecule has 42 heavy (non-hydrogen) atoms. The molecule has 0 aliphatic rings. The third kappa shape index (κ3) is 5.51. The van der Waals surface area contributed by atoms with Crippen LogP contribution in [-0.2, 0) is 9.53 Å². The molecule has 0 N–H and O–H groups in total. The van der Waals surface area contributed by atoms with Gasteiger partial charge in [0, 0.05) is 10.0 Å². The molecule has 1 atom stereocenters. The topological polar surface area (TPSA) is 114 Å². The Morgan fingerprint density at radius 2 is 1.81 bits per heavy atom. The number of fused-ring (bicyclic) bond motifs is 2. The monoisotopic (exact) mass is 697 g/mol. The van der Waals surface area contributed by atoms with Gasteiger partial charge in [-0.2, -0.15) is 9.78 Å². The first-order valence-corrected chi connectivity index (χ1v) is 14.4. The van der Waals surface area contributed by atoms with Crippen molar-refractivity contribution in [3.63, 3.8) is 0 Å². The van der Waals surface area contributed by atoms with Crippen molar-refractivity contribution in [1.82, 2.24) is 9.66 Å². The summed E-state index contributed by atoms with van der Waals surface area (Å²) in [6.45, 7) is 3.54. The van der Waals surface area contributed by atoms with Crippen LogP contribution in [0.1, 0.15) is 19.4 Å². The summed E-state index contributed by atoms with van der Waals surface area (Å²) in [7, 11) is 3.05. The number of hydrogen-bond donors (Lipinski definition) is 0. The third-order valence-corrected chi connectivity index (χ3v) is 8.46. The standard InChI is InChI=1S/C30H25Br2N3O7/c1-5-40-30(37)16(2)41-27-23(39-4)13-17(25(31)26(27)32)15-33-35-28(34-20-10-7-6-9-18(20)29(35)36)24-14-19-21(38-3)11-8-12-22(19)42-24/h6-16H,5H2,1-4H3/t16-/m0/s1. The first-order valence-electron chi connectivity index (χ1n) is 12.8. The Morgan fingerprint density at radius 1 is 1.05 bits per heavy atom. The number of furan rings is 1. The second-order valence-corrected chi connectivity index (χ2v) is 10.5. The average molecular weight is 699 g/mol. The van der Waals surface area contributed by atoms with Crippen molar-refractivity contribution in [1.29, 1.82) is 0 Å². The normalized spacial score (nSPS) is 12.1. The Balaban J connectivity index is 1.63. The van der Waals surface area contributed by atoms with Crippen LogP contribution in [-0.4, -0.2) is 48.8 Å². The Labute approximate surface area is 257 Å². The van der Waals surface area contributed by atoms with E-state index in [1.165, 1.54) is 18.0 Å². The van der Waals surface area contributed by atoms with Crippen LogP contribution in [0.4, 0.5) is 0 Å². The highest BCUT2D eigenvalue weighted by Gasteiger charge is 2.23. The number of para-hydroxylation sites is 1. The van der Waals surface area contributed by atoms with Crippen LogP contribution in [0.15, 0.2) is 77.9 Å². The van der Waals surface area contributed by atoms with Gasteiger partial charge in [-0.1, -0.05) is 18.2 Å². The summed E-state index contributed by atoms with van der Waals surface area (Å²) in [4.78, 5) is 30.6. The predicted molar refractivity (Wildman–Crippen MR) is 166 cm³/mol. The van der Waals surface area contributed by atoms with Crippen LogP contribution in [0.3, 0.4) is 0 Å². The van der Waals surface area contributed by atoms with Gasteiger partial charge in [-0.25, -0.2) is 9.78 Å². The summed E-state index contributed by atoms with van der Waals surface area (Å²) in [5.74, 6) is 1.29. The van der Waals surface area contributed by atoms with Gasteiger partial charge in [0.2, 0.25) is 5.82 Å². The quantitative estimate of drug-likeness (QED) is 0.126. The first kappa shape index (κ1) is 29.3. The van der Waals surface area contributed by atoms with Gasteiger partial charge in [-0.05, 0) is 82.1 Å². The number of methoxy groups -OCH3 is 2. The molecule has 216 valence electrons. The van der Waals surface area contributed by atoms with E-state index in [0.29, 0.717) is 54.0 Å². The number of rotatable bonds is 9. The number of esters is 1. The van der Waals surface area contributed by atoms with Crippen LogP contribution in [0.2, 0.25) is 0 Å². The predicted octanol–water partition coefficient (Wildman–Crippen LogP) is 6.56. The van der Waals surface area contributed by atoms with Crippen LogP contribution < -0.4 is 19.8 Å². The summed E-state index contributed by atoms with van der Waals surface area (Å²) in [6.07, 6.45) is 0.606. The molecule has 0 unspecified atom stereocenters. The number of ether oxygens (including phenoxy) is 4. The number of benzene rings is 3. The van der Waals surface area contributed by atoms with E-state index in [-0.39, 0.29) is 18.0 Å². The second kappa shape index (κ2) is 12.4. The van der Waals surface area contributed by atoms with Gasteiger partial charge >= 0.3 is 5.97 Å². The highest BCUT2D eigenvalue weighted by atomic mass is 79.9. The molecule has 2 aromatic heterocycles. The molecule has 0 spiro atoms. The summed E-state index contributed by atoms with van der Waals surface area (Å²) in [5.41, 5.74) is 1.24. The van der Waals surface area contributed by atoms with Gasteiger partial charge < -0.3 is 23.4 Å². The van der Waals surface area contributed by atoms with Crippen molar-refractivity contribution in [2.45, 2.75) is 20.0 Å². The SMILES string of the molecule is CCOC(=O)[C@H](C)Oc1c(OC)cc(C=Nn2c(-c3cc4c(OC)cccc4o3)nc3ccccc3c2=O)c(Br)c1Br. The highest BCUT2D eigenvalue weighted by molar-refractivity contribution is 9.13. The van der Waals surface area contributed by atoms with Gasteiger partial charge in [0.15, 0.2) is 23.4 Å². The lowest BCUT2D eigenvalue weighted by molar-refractivity contribution is -0.150. The zero-order valence-electron chi connectivity index (χ0n) is 23.0. The van der Waals surface area contributed by atoms with Crippen LogP contribution in [0.5, 0.6) is 17.2 Å². The molecule has 0 bridgehead atoms. The Morgan fingerprint density at radius 3 is 2.55 bits per heavy atom. The van der Waals surface area contributed by atoms with E-state index in [2.05, 4.69) is 37.0 Å². The van der Waals surface area contributed by atoms with Crippen molar-refractivity contribution >= 4 is 65.9 Å². The zero-order chi connectivity index (χ0) is 30.0. The summed E-state index contributed by atoms with van der Waals surface area (Å²) in [6, 6.07) is 15.9. The van der Waals surface area contributed by atoms with Gasteiger partial charge in [-0.3, -0.25) is 4.79 Å². The van der Waals surface area contributed by atoms with E-state index in [1.54, 1.807) is 57.4 Å². The molecule has 5 aromatic rings. The fourth-order valence-corrected chi connectivity index (χ4v) is 5.19. The van der Waals surface area contributed by atoms with Gasteiger partial charge in [-0.15, -0.1) is 0 Å². The molecular formula is C30H25Br2N3O7. The maximum atomic E-state index is 13.7. The number of carbonyl (C=O) groups excluding carboxylic acids is 1. The zero-order valence-corrected chi connectivity index (χ0v) is 26.2. The number of carbonyl (C=O) groups is 1. The van der Waals surface area contributed by atoms with Crippen molar-refractivity contribution in [3.05, 3.63) is 79.5 Å². The highest BCUT2D eigenvalue weighted by Crippen LogP contribution is 2.43. The Hall–Kier alpha value is -4.16. The molecule has 0 radical (unpaired) electrons. The number of hydrogen-bond acceptors (Lipinski definition) is 9. The van der Waals surface area contributed by atoms with E-state index < -0.39 is 12.1 Å². The molecule has 0 aliphatic carbocycles. The van der Waals surface area contributed by atoms with Gasteiger partial charge in [0.25, 0.3) is 5.56 Å². The fourth-order valence-electron chi connectivity index (χ4n) is 4.28. The van der Waals surface area contributed by atoms with E-state index in [4.69, 9.17) is 28.3 Å². The van der Waals surface area contributed by atoms with Crippen molar-refractivity contribution in [3.8, 4) is 28.8 Å². The molecule has 0 fully saturated rings. The molecule has 5 rings (SSSR count). The number of nitrogens with zero attached hydrogens (tertiary/aromatic N) is 3. The molecule has 0 saturated heterocycles. The van der Waals surface area contributed by atoms with Crippen molar-refractivity contribution in [2.75, 3.05) is 20.8 Å². The van der Waals surface area contributed by atoms with Crippen molar-refractivity contribution in [2.24, 2.45) is 5.10 Å². The molecule has 3 aromatic carbocycles. The largest absolute Gasteiger partial charge is 0.496 e. The minimum Gasteiger partial charge on any atom is -0.496 e. The molecule has 0 saturated carbocycles. The summed E-state index contributed by atoms with van der Waals surface area (Å²) < 4.78 is 30.2. The maximum Gasteiger partial charge on any atom is 0.347 e. The maximum absolute atomic E-state index is 13.7. The lowest BCUT2D eigenvalue weighted by Crippen LogP contribution is -2.26. The van der Waals surface area contributed by atoms with E-state index >= 15 is 0 Å². The molecule has 12 heteroatoms. The molecular weight excluding hydrogens is 674 g/mol.